The predicted octanol–water partition coefficient (Wildman–Crippen LogP) is 12.3. The molecule has 0 atom stereocenters. The minimum absolute atomic E-state index is 0.0943. The molecule has 9 rings (SSSR count). The first kappa shape index (κ1) is 28.6. The zero-order valence-electron chi connectivity index (χ0n) is 26.8. The first-order valence-electron chi connectivity index (χ1n) is 16.4. The summed E-state index contributed by atoms with van der Waals surface area (Å²) < 4.78 is 1.30. The molecule has 2 nitrogen and oxygen atoms in total. The minimum Gasteiger partial charge on any atom is -0.228 e. The maximum Gasteiger partial charge on any atom is 0.161 e. The first-order valence-corrected chi connectivity index (χ1v) is 17.2. The van der Waals surface area contributed by atoms with Gasteiger partial charge in [-0.2, -0.15) is 0 Å². The van der Waals surface area contributed by atoms with E-state index in [1.165, 1.54) is 42.8 Å². The molecule has 3 heteroatoms. The quantitative estimate of drug-likeness (QED) is 0.189. The van der Waals surface area contributed by atoms with Gasteiger partial charge in [-0.3, -0.25) is 0 Å². The Morgan fingerprint density at radius 3 is 1.90 bits per heavy atom. The van der Waals surface area contributed by atoms with Crippen molar-refractivity contribution < 1.29 is 0 Å². The highest BCUT2D eigenvalue weighted by atomic mass is 32.1. The Bertz CT molecular complexity index is 2440. The number of thiophene rings is 1. The molecule has 1 aliphatic rings. The van der Waals surface area contributed by atoms with Crippen LogP contribution in [0.4, 0.5) is 0 Å². The second-order valence-corrected chi connectivity index (χ2v) is 14.1. The maximum atomic E-state index is 5.36. The number of fused-ring (bicyclic) bond motifs is 4. The summed E-state index contributed by atoms with van der Waals surface area (Å²) in [5.41, 5.74) is 13.7. The number of hydrogen-bond acceptors (Lipinski definition) is 3. The van der Waals surface area contributed by atoms with Crippen LogP contribution in [-0.4, -0.2) is 9.97 Å². The van der Waals surface area contributed by atoms with Crippen molar-refractivity contribution in [1.29, 1.82) is 0 Å². The Labute approximate surface area is 285 Å². The standard InChI is InChI=1S/C45H32N2S/c1-45(2)37-20-10-9-18-35(37)43-36(19-12-21-38(43)45)40-28-39(30-23-25-31(26-24-30)42-27-32-15-6-11-22-41(32)48-42)46-44(47-40)34-17-8-7-16-33(34)29-13-4-3-5-14-29/h3-28H,1-2H3. The summed E-state index contributed by atoms with van der Waals surface area (Å²) in [5.74, 6) is 0.721. The molecular weight excluding hydrogens is 601 g/mol. The van der Waals surface area contributed by atoms with E-state index in [1.807, 2.05) is 11.3 Å². The highest BCUT2D eigenvalue weighted by molar-refractivity contribution is 7.22. The van der Waals surface area contributed by atoms with Crippen molar-refractivity contribution in [2.45, 2.75) is 19.3 Å². The van der Waals surface area contributed by atoms with Crippen LogP contribution >= 0.6 is 11.3 Å². The minimum atomic E-state index is -0.0943. The van der Waals surface area contributed by atoms with E-state index >= 15 is 0 Å². The Balaban J connectivity index is 1.24. The molecule has 2 heterocycles. The number of benzene rings is 6. The van der Waals surface area contributed by atoms with Crippen LogP contribution in [-0.2, 0) is 5.41 Å². The average molecular weight is 633 g/mol. The van der Waals surface area contributed by atoms with Gasteiger partial charge in [0.2, 0.25) is 0 Å². The highest BCUT2D eigenvalue weighted by Gasteiger charge is 2.36. The SMILES string of the molecule is CC1(C)c2ccccc2-c2c(-c3cc(-c4ccc(-c5cc6ccccc6s5)cc4)nc(-c4ccccc4-c4ccccc4)n3)cccc21. The summed E-state index contributed by atoms with van der Waals surface area (Å²) >= 11 is 1.83. The monoisotopic (exact) mass is 632 g/mol. The van der Waals surface area contributed by atoms with Gasteiger partial charge >= 0.3 is 0 Å². The van der Waals surface area contributed by atoms with Gasteiger partial charge in [0.1, 0.15) is 0 Å². The fraction of sp³-hybridized carbons (Fsp3) is 0.0667. The molecule has 228 valence electrons. The van der Waals surface area contributed by atoms with Crippen LogP contribution in [0.3, 0.4) is 0 Å². The predicted molar refractivity (Wildman–Crippen MR) is 202 cm³/mol. The molecule has 2 aromatic heterocycles. The van der Waals surface area contributed by atoms with Crippen molar-refractivity contribution in [3.05, 3.63) is 169 Å². The van der Waals surface area contributed by atoms with Gasteiger partial charge < -0.3 is 0 Å². The Hall–Kier alpha value is -5.64. The number of hydrogen-bond donors (Lipinski definition) is 0. The van der Waals surface area contributed by atoms with E-state index < -0.39 is 0 Å². The highest BCUT2D eigenvalue weighted by Crippen LogP contribution is 2.52. The van der Waals surface area contributed by atoms with Crippen LogP contribution in [0, 0.1) is 0 Å². The van der Waals surface area contributed by atoms with Gasteiger partial charge in [-0.1, -0.05) is 153 Å². The van der Waals surface area contributed by atoms with Crippen LogP contribution < -0.4 is 0 Å². The molecule has 0 unspecified atom stereocenters. The lowest BCUT2D eigenvalue weighted by Gasteiger charge is -2.21. The number of nitrogens with zero attached hydrogens (tertiary/aromatic N) is 2. The lowest BCUT2D eigenvalue weighted by Crippen LogP contribution is -2.14. The van der Waals surface area contributed by atoms with E-state index in [4.69, 9.17) is 9.97 Å². The van der Waals surface area contributed by atoms with E-state index in [-0.39, 0.29) is 5.41 Å². The van der Waals surface area contributed by atoms with E-state index in [2.05, 4.69) is 172 Å². The second-order valence-electron chi connectivity index (χ2n) is 13.0. The van der Waals surface area contributed by atoms with Crippen molar-refractivity contribution in [1.82, 2.24) is 9.97 Å². The molecule has 0 spiro atoms. The zero-order valence-corrected chi connectivity index (χ0v) is 27.6. The molecule has 8 aromatic rings. The average Bonchev–Trinajstić information content (AvgIpc) is 3.69. The van der Waals surface area contributed by atoms with Gasteiger partial charge in [-0.25, -0.2) is 9.97 Å². The molecule has 1 aliphatic carbocycles. The van der Waals surface area contributed by atoms with Crippen molar-refractivity contribution in [2.75, 3.05) is 0 Å². The number of rotatable bonds is 5. The van der Waals surface area contributed by atoms with Gasteiger partial charge in [-0.15, -0.1) is 11.3 Å². The second kappa shape index (κ2) is 11.3. The summed E-state index contributed by atoms with van der Waals surface area (Å²) in [6.07, 6.45) is 0. The van der Waals surface area contributed by atoms with Crippen LogP contribution in [0.25, 0.3) is 76.7 Å². The Kier molecular flexibility index (Phi) is 6.70. The molecule has 0 bridgehead atoms. The summed E-state index contributed by atoms with van der Waals surface area (Å²) in [4.78, 5) is 11.9. The van der Waals surface area contributed by atoms with Gasteiger partial charge in [0, 0.05) is 31.7 Å². The topological polar surface area (TPSA) is 25.8 Å². The third-order valence-corrected chi connectivity index (χ3v) is 10.9. The molecule has 0 N–H and O–H groups in total. The van der Waals surface area contributed by atoms with Crippen molar-refractivity contribution in [3.63, 3.8) is 0 Å². The maximum absolute atomic E-state index is 5.36. The van der Waals surface area contributed by atoms with E-state index in [0.29, 0.717) is 0 Å². The molecule has 0 radical (unpaired) electrons. The van der Waals surface area contributed by atoms with E-state index in [1.54, 1.807) is 0 Å². The third kappa shape index (κ3) is 4.70. The van der Waals surface area contributed by atoms with Crippen molar-refractivity contribution in [3.8, 4) is 66.6 Å². The Morgan fingerprint density at radius 2 is 1.08 bits per heavy atom. The normalized spacial score (nSPS) is 13.0. The largest absolute Gasteiger partial charge is 0.228 e. The van der Waals surface area contributed by atoms with Crippen molar-refractivity contribution in [2.24, 2.45) is 0 Å². The van der Waals surface area contributed by atoms with Gasteiger partial charge in [0.15, 0.2) is 5.82 Å². The molecule has 0 saturated heterocycles. The molecule has 0 saturated carbocycles. The fourth-order valence-corrected chi connectivity index (χ4v) is 8.37. The van der Waals surface area contributed by atoms with Crippen LogP contribution in [0.15, 0.2) is 158 Å². The zero-order chi connectivity index (χ0) is 32.2. The summed E-state index contributed by atoms with van der Waals surface area (Å²) in [7, 11) is 0. The van der Waals surface area contributed by atoms with Gasteiger partial charge in [-0.05, 0) is 62.5 Å². The Morgan fingerprint density at radius 1 is 0.458 bits per heavy atom. The van der Waals surface area contributed by atoms with E-state index in [0.717, 1.165) is 45.0 Å². The van der Waals surface area contributed by atoms with Crippen LogP contribution in [0.2, 0.25) is 0 Å². The summed E-state index contributed by atoms with van der Waals surface area (Å²) in [6.45, 7) is 4.65. The molecule has 0 aliphatic heterocycles. The molecule has 0 fully saturated rings. The molecule has 48 heavy (non-hydrogen) atoms. The lowest BCUT2D eigenvalue weighted by molar-refractivity contribution is 0.660. The lowest BCUT2D eigenvalue weighted by atomic mass is 9.82. The summed E-state index contributed by atoms with van der Waals surface area (Å²) in [5, 5.41) is 1.28. The first-order chi connectivity index (χ1) is 23.5. The third-order valence-electron chi connectivity index (χ3n) is 9.75. The summed E-state index contributed by atoms with van der Waals surface area (Å²) in [6, 6.07) is 56.4. The van der Waals surface area contributed by atoms with Gasteiger partial charge in [0.25, 0.3) is 0 Å². The molecular formula is C45H32N2S. The van der Waals surface area contributed by atoms with Crippen molar-refractivity contribution >= 4 is 21.4 Å². The van der Waals surface area contributed by atoms with Crippen LogP contribution in [0.5, 0.6) is 0 Å². The smallest absolute Gasteiger partial charge is 0.161 e. The van der Waals surface area contributed by atoms with Crippen LogP contribution in [0.1, 0.15) is 25.0 Å². The molecule has 0 amide bonds. The fourth-order valence-electron chi connectivity index (χ4n) is 7.30. The van der Waals surface area contributed by atoms with Gasteiger partial charge in [0.05, 0.1) is 11.4 Å². The van der Waals surface area contributed by atoms with E-state index in [9.17, 15) is 0 Å². The molecule has 6 aromatic carbocycles. The number of aromatic nitrogens is 2.